The summed E-state index contributed by atoms with van der Waals surface area (Å²) in [6, 6.07) is 3.44. The Labute approximate surface area is 108 Å². The summed E-state index contributed by atoms with van der Waals surface area (Å²) in [5.41, 5.74) is -0.927. The van der Waals surface area contributed by atoms with Crippen molar-refractivity contribution in [2.75, 3.05) is 0 Å². The van der Waals surface area contributed by atoms with E-state index in [1.54, 1.807) is 0 Å². The highest BCUT2D eigenvalue weighted by molar-refractivity contribution is 5.32. The standard InChI is InChI=1S/C12H5F6NO/c13-8-5-9(14)11(19-10(8)15)20-7-3-1-6(2-4-7)12(16,17)18/h1-5H. The zero-order chi connectivity index (χ0) is 14.9. The Bertz CT molecular complexity index is 623. The highest BCUT2D eigenvalue weighted by Gasteiger charge is 2.30. The summed E-state index contributed by atoms with van der Waals surface area (Å²) in [5, 5.41) is 0. The predicted octanol–water partition coefficient (Wildman–Crippen LogP) is 4.31. The highest BCUT2D eigenvalue weighted by Crippen LogP contribution is 2.31. The van der Waals surface area contributed by atoms with Crippen molar-refractivity contribution in [2.24, 2.45) is 0 Å². The molecule has 0 spiro atoms. The Morgan fingerprint density at radius 3 is 2.05 bits per heavy atom. The molecule has 0 N–H and O–H groups in total. The van der Waals surface area contributed by atoms with Crippen LogP contribution in [-0.2, 0) is 6.18 Å². The number of aromatic nitrogens is 1. The molecule has 1 heterocycles. The summed E-state index contributed by atoms with van der Waals surface area (Å²) in [7, 11) is 0. The van der Waals surface area contributed by atoms with Gasteiger partial charge in [-0.3, -0.25) is 0 Å². The molecule has 2 rings (SSSR count). The number of halogens is 6. The molecule has 0 fully saturated rings. The molecular weight excluding hydrogens is 288 g/mol. The molecule has 2 nitrogen and oxygen atoms in total. The van der Waals surface area contributed by atoms with Crippen LogP contribution in [0.5, 0.6) is 11.6 Å². The predicted molar refractivity (Wildman–Crippen MR) is 55.6 cm³/mol. The van der Waals surface area contributed by atoms with Crippen molar-refractivity contribution >= 4 is 0 Å². The molecule has 0 radical (unpaired) electrons. The molecule has 0 atom stereocenters. The lowest BCUT2D eigenvalue weighted by molar-refractivity contribution is -0.137. The van der Waals surface area contributed by atoms with Gasteiger partial charge in [-0.25, -0.2) is 8.78 Å². The van der Waals surface area contributed by atoms with Gasteiger partial charge >= 0.3 is 6.18 Å². The first kappa shape index (κ1) is 14.2. The number of hydrogen-bond donors (Lipinski definition) is 0. The average molecular weight is 293 g/mol. The molecule has 106 valence electrons. The Kier molecular flexibility index (Phi) is 3.56. The van der Waals surface area contributed by atoms with Crippen LogP contribution in [0.15, 0.2) is 30.3 Å². The molecule has 20 heavy (non-hydrogen) atoms. The quantitative estimate of drug-likeness (QED) is 0.608. The van der Waals surface area contributed by atoms with Crippen molar-refractivity contribution < 1.29 is 31.1 Å². The third kappa shape index (κ3) is 3.01. The van der Waals surface area contributed by atoms with Gasteiger partial charge in [-0.15, -0.1) is 0 Å². The van der Waals surface area contributed by atoms with Crippen molar-refractivity contribution in [1.29, 1.82) is 0 Å². The van der Waals surface area contributed by atoms with E-state index in [1.165, 1.54) is 0 Å². The summed E-state index contributed by atoms with van der Waals surface area (Å²) in [6.07, 6.45) is -4.52. The maximum absolute atomic E-state index is 13.2. The minimum Gasteiger partial charge on any atom is -0.436 e. The number of benzene rings is 1. The van der Waals surface area contributed by atoms with Gasteiger partial charge in [-0.05, 0) is 24.3 Å². The molecule has 0 aliphatic heterocycles. The van der Waals surface area contributed by atoms with Gasteiger partial charge in [-0.2, -0.15) is 22.5 Å². The fraction of sp³-hybridized carbons (Fsp3) is 0.0833. The SMILES string of the molecule is Fc1cc(F)c(Oc2ccc(C(F)(F)F)cc2)nc1F. The summed E-state index contributed by atoms with van der Waals surface area (Å²) in [4.78, 5) is 2.88. The van der Waals surface area contributed by atoms with Crippen LogP contribution in [0.1, 0.15) is 5.56 Å². The van der Waals surface area contributed by atoms with Gasteiger partial charge in [0.25, 0.3) is 11.8 Å². The second kappa shape index (κ2) is 5.03. The molecule has 0 saturated heterocycles. The fourth-order valence-corrected chi connectivity index (χ4v) is 1.32. The van der Waals surface area contributed by atoms with Gasteiger partial charge in [0.05, 0.1) is 5.56 Å². The van der Waals surface area contributed by atoms with Gasteiger partial charge in [0.15, 0.2) is 11.6 Å². The normalized spacial score (nSPS) is 11.5. The van der Waals surface area contributed by atoms with E-state index in [0.29, 0.717) is 12.1 Å². The molecule has 2 aromatic rings. The van der Waals surface area contributed by atoms with E-state index in [-0.39, 0.29) is 11.8 Å². The van der Waals surface area contributed by atoms with Crippen molar-refractivity contribution in [3.63, 3.8) is 0 Å². The van der Waals surface area contributed by atoms with Crippen LogP contribution in [0.2, 0.25) is 0 Å². The number of hydrogen-bond acceptors (Lipinski definition) is 2. The zero-order valence-electron chi connectivity index (χ0n) is 9.51. The number of pyridine rings is 1. The van der Waals surface area contributed by atoms with Crippen LogP contribution >= 0.6 is 0 Å². The second-order valence-corrected chi connectivity index (χ2v) is 3.67. The number of rotatable bonds is 2. The first-order valence-corrected chi connectivity index (χ1v) is 5.14. The molecule has 0 aliphatic carbocycles. The van der Waals surface area contributed by atoms with E-state index >= 15 is 0 Å². The van der Waals surface area contributed by atoms with E-state index in [0.717, 1.165) is 12.1 Å². The van der Waals surface area contributed by atoms with Crippen LogP contribution in [0.25, 0.3) is 0 Å². The van der Waals surface area contributed by atoms with E-state index < -0.39 is 35.2 Å². The van der Waals surface area contributed by atoms with E-state index in [4.69, 9.17) is 4.74 Å². The fourth-order valence-electron chi connectivity index (χ4n) is 1.32. The van der Waals surface area contributed by atoms with Crippen molar-refractivity contribution in [1.82, 2.24) is 4.98 Å². The average Bonchev–Trinajstić information content (AvgIpc) is 2.35. The highest BCUT2D eigenvalue weighted by atomic mass is 19.4. The monoisotopic (exact) mass is 293 g/mol. The molecule has 1 aromatic heterocycles. The third-order valence-electron chi connectivity index (χ3n) is 2.25. The molecule has 1 aromatic carbocycles. The number of ether oxygens (including phenoxy) is 1. The van der Waals surface area contributed by atoms with Crippen molar-refractivity contribution in [3.8, 4) is 11.6 Å². The van der Waals surface area contributed by atoms with E-state index in [1.807, 2.05) is 0 Å². The lowest BCUT2D eigenvalue weighted by atomic mass is 10.2. The van der Waals surface area contributed by atoms with Crippen LogP contribution < -0.4 is 4.74 Å². The summed E-state index contributed by atoms with van der Waals surface area (Å²) >= 11 is 0. The lowest BCUT2D eigenvalue weighted by Crippen LogP contribution is -2.04. The summed E-state index contributed by atoms with van der Waals surface area (Å²) in [6.45, 7) is 0. The topological polar surface area (TPSA) is 22.1 Å². The second-order valence-electron chi connectivity index (χ2n) is 3.67. The van der Waals surface area contributed by atoms with Gasteiger partial charge in [0.2, 0.25) is 0 Å². The van der Waals surface area contributed by atoms with Crippen LogP contribution in [0.4, 0.5) is 26.3 Å². The van der Waals surface area contributed by atoms with E-state index in [9.17, 15) is 26.3 Å². The Hall–Kier alpha value is -2.25. The first-order chi connectivity index (χ1) is 9.27. The minimum atomic E-state index is -4.52. The minimum absolute atomic E-state index is 0.199. The Morgan fingerprint density at radius 2 is 1.50 bits per heavy atom. The summed E-state index contributed by atoms with van der Waals surface area (Å²) < 4.78 is 80.3. The van der Waals surface area contributed by atoms with Gasteiger partial charge < -0.3 is 4.74 Å². The first-order valence-electron chi connectivity index (χ1n) is 5.14. The maximum Gasteiger partial charge on any atom is 0.416 e. The van der Waals surface area contributed by atoms with Crippen molar-refractivity contribution in [3.05, 3.63) is 53.5 Å². The molecule has 0 amide bonds. The van der Waals surface area contributed by atoms with E-state index in [2.05, 4.69) is 4.98 Å². The number of alkyl halides is 3. The lowest BCUT2D eigenvalue weighted by Gasteiger charge is -2.09. The smallest absolute Gasteiger partial charge is 0.416 e. The largest absolute Gasteiger partial charge is 0.436 e. The van der Waals surface area contributed by atoms with Gasteiger partial charge in [0, 0.05) is 6.07 Å². The molecule has 0 saturated carbocycles. The van der Waals surface area contributed by atoms with Gasteiger partial charge in [-0.1, -0.05) is 0 Å². The molecule has 0 unspecified atom stereocenters. The third-order valence-corrected chi connectivity index (χ3v) is 2.25. The maximum atomic E-state index is 13.2. The molecule has 0 bridgehead atoms. The molecular formula is C12H5F6NO. The molecule has 8 heteroatoms. The zero-order valence-corrected chi connectivity index (χ0v) is 9.51. The Balaban J connectivity index is 2.25. The van der Waals surface area contributed by atoms with Crippen LogP contribution in [0, 0.1) is 17.6 Å². The number of nitrogens with zero attached hydrogens (tertiary/aromatic N) is 1. The van der Waals surface area contributed by atoms with Crippen LogP contribution in [-0.4, -0.2) is 4.98 Å². The molecule has 0 aliphatic rings. The van der Waals surface area contributed by atoms with Gasteiger partial charge in [0.1, 0.15) is 5.75 Å². The van der Waals surface area contributed by atoms with Crippen molar-refractivity contribution in [2.45, 2.75) is 6.18 Å². The summed E-state index contributed by atoms with van der Waals surface area (Å²) in [5.74, 6) is -5.42. The Morgan fingerprint density at radius 1 is 0.900 bits per heavy atom. The van der Waals surface area contributed by atoms with Crippen LogP contribution in [0.3, 0.4) is 0 Å².